The summed E-state index contributed by atoms with van der Waals surface area (Å²) in [5.41, 5.74) is -2.65. The van der Waals surface area contributed by atoms with Crippen LogP contribution in [0, 0.1) is 5.82 Å². The number of hydrogen-bond acceptors (Lipinski definition) is 3. The van der Waals surface area contributed by atoms with Gasteiger partial charge < -0.3 is 14.8 Å². The van der Waals surface area contributed by atoms with E-state index in [2.05, 4.69) is 5.32 Å². The summed E-state index contributed by atoms with van der Waals surface area (Å²) >= 11 is 0. The predicted molar refractivity (Wildman–Crippen MR) is 84.5 cm³/mol. The van der Waals surface area contributed by atoms with Crippen molar-refractivity contribution >= 4 is 25.9 Å². The zero-order valence-electron chi connectivity index (χ0n) is 12.8. The molecule has 0 radical (unpaired) electrons. The van der Waals surface area contributed by atoms with E-state index in [1.807, 2.05) is 0 Å². The highest BCUT2D eigenvalue weighted by Gasteiger charge is 2.37. The molecule has 124 valence electrons. The van der Waals surface area contributed by atoms with Gasteiger partial charge in [0.1, 0.15) is 29.9 Å². The molecule has 7 heteroatoms. The highest BCUT2D eigenvalue weighted by atomic mass is 32.1. The Bertz CT molecular complexity index is 520. The Balaban J connectivity index is 0.00000441. The maximum Gasteiger partial charge on any atom is 0.408 e. The van der Waals surface area contributed by atoms with Crippen molar-refractivity contribution in [2.75, 3.05) is 6.67 Å². The van der Waals surface area contributed by atoms with E-state index in [0.717, 1.165) is 6.07 Å². The highest BCUT2D eigenvalue weighted by molar-refractivity contribution is 7.59. The lowest BCUT2D eigenvalue weighted by Crippen LogP contribution is -2.50. The lowest BCUT2D eigenvalue weighted by molar-refractivity contribution is -0.109. The van der Waals surface area contributed by atoms with Crippen LogP contribution in [0.4, 0.5) is 13.6 Å². The lowest BCUT2D eigenvalue weighted by atomic mass is 9.88. The second-order valence-electron chi connectivity index (χ2n) is 5.69. The molecule has 0 aliphatic rings. The van der Waals surface area contributed by atoms with Crippen molar-refractivity contribution in [2.45, 2.75) is 38.3 Å². The standard InChI is InChI=1S/C15H19F2NO3.H2S/c1-14(2,3)21-13(20)18-15(10-16,8-9-19)11-6-4-5-7-12(11)17;/h4-7,9H,8,10H2,1-3H3,(H,18,20);1H2/t15-;/m1./s1. The molecule has 0 spiro atoms. The molecular formula is C15H21F2NO3S. The summed E-state index contributed by atoms with van der Waals surface area (Å²) in [6.45, 7) is 3.80. The third-order valence-electron chi connectivity index (χ3n) is 2.79. The van der Waals surface area contributed by atoms with Crippen LogP contribution in [0.5, 0.6) is 0 Å². The van der Waals surface area contributed by atoms with Crippen molar-refractivity contribution in [3.05, 3.63) is 35.6 Å². The topological polar surface area (TPSA) is 55.4 Å². The van der Waals surface area contributed by atoms with Crippen LogP contribution < -0.4 is 5.32 Å². The second kappa shape index (κ2) is 8.12. The van der Waals surface area contributed by atoms with Crippen LogP contribution in [0.1, 0.15) is 32.8 Å². The normalized spacial score (nSPS) is 13.5. The van der Waals surface area contributed by atoms with Crippen LogP contribution in [0.15, 0.2) is 24.3 Å². The number of aldehydes is 1. The molecule has 22 heavy (non-hydrogen) atoms. The van der Waals surface area contributed by atoms with Gasteiger partial charge in [-0.3, -0.25) is 0 Å². The van der Waals surface area contributed by atoms with Gasteiger partial charge in [-0.1, -0.05) is 18.2 Å². The SMILES string of the molecule is CC(C)(C)OC(=O)N[C@@](CF)(CC=O)c1ccccc1F.S. The number of amides is 1. The quantitative estimate of drug-likeness (QED) is 0.842. The maximum atomic E-state index is 13.9. The first-order valence-corrected chi connectivity index (χ1v) is 6.50. The number of benzene rings is 1. The van der Waals surface area contributed by atoms with Crippen LogP contribution in [0.2, 0.25) is 0 Å². The Hall–Kier alpha value is -1.63. The minimum absolute atomic E-state index is 0. The lowest BCUT2D eigenvalue weighted by Gasteiger charge is -2.32. The molecule has 0 aliphatic heterocycles. The predicted octanol–water partition coefficient (Wildman–Crippen LogP) is 3.22. The van der Waals surface area contributed by atoms with Crippen LogP contribution in [-0.4, -0.2) is 24.7 Å². The third kappa shape index (κ3) is 5.29. The Kier molecular flexibility index (Phi) is 7.52. The molecule has 1 aromatic carbocycles. The zero-order chi connectivity index (χ0) is 16.1. The molecule has 0 bridgehead atoms. The van der Waals surface area contributed by atoms with Gasteiger partial charge in [0, 0.05) is 12.0 Å². The van der Waals surface area contributed by atoms with Crippen molar-refractivity contribution in [2.24, 2.45) is 0 Å². The second-order valence-corrected chi connectivity index (χ2v) is 5.69. The molecule has 0 heterocycles. The summed E-state index contributed by atoms with van der Waals surface area (Å²) in [4.78, 5) is 22.7. The summed E-state index contributed by atoms with van der Waals surface area (Å²) < 4.78 is 32.5. The van der Waals surface area contributed by atoms with Gasteiger partial charge in [0.15, 0.2) is 0 Å². The van der Waals surface area contributed by atoms with E-state index in [1.165, 1.54) is 18.2 Å². The minimum Gasteiger partial charge on any atom is -0.444 e. The molecular weight excluding hydrogens is 312 g/mol. The number of ether oxygens (including phenoxy) is 1. The fourth-order valence-electron chi connectivity index (χ4n) is 1.88. The number of hydrogen-bond donors (Lipinski definition) is 1. The van der Waals surface area contributed by atoms with Gasteiger partial charge in [-0.05, 0) is 26.8 Å². The van der Waals surface area contributed by atoms with Crippen molar-refractivity contribution in [1.29, 1.82) is 0 Å². The fraction of sp³-hybridized carbons (Fsp3) is 0.467. The van der Waals surface area contributed by atoms with Gasteiger partial charge in [0.2, 0.25) is 0 Å². The van der Waals surface area contributed by atoms with Crippen molar-refractivity contribution < 1.29 is 23.1 Å². The molecule has 0 saturated carbocycles. The van der Waals surface area contributed by atoms with E-state index in [1.54, 1.807) is 20.8 Å². The van der Waals surface area contributed by atoms with E-state index in [4.69, 9.17) is 4.74 Å². The number of carbonyl (C=O) groups excluding carboxylic acids is 2. The van der Waals surface area contributed by atoms with E-state index in [0.29, 0.717) is 6.29 Å². The first-order valence-electron chi connectivity index (χ1n) is 6.50. The van der Waals surface area contributed by atoms with Gasteiger partial charge in [0.25, 0.3) is 0 Å². The molecule has 4 nitrogen and oxygen atoms in total. The number of rotatable bonds is 5. The van der Waals surface area contributed by atoms with Gasteiger partial charge in [-0.2, -0.15) is 13.5 Å². The number of halogens is 2. The van der Waals surface area contributed by atoms with Crippen LogP contribution in [0.3, 0.4) is 0 Å². The van der Waals surface area contributed by atoms with Gasteiger partial charge >= 0.3 is 6.09 Å². The molecule has 1 aromatic rings. The monoisotopic (exact) mass is 333 g/mol. The largest absolute Gasteiger partial charge is 0.444 e. The van der Waals surface area contributed by atoms with Crippen molar-refractivity contribution in [3.8, 4) is 0 Å². The molecule has 0 aromatic heterocycles. The molecule has 0 fully saturated rings. The maximum absolute atomic E-state index is 13.9. The molecule has 0 unspecified atom stereocenters. The summed E-state index contributed by atoms with van der Waals surface area (Å²) in [5.74, 6) is -0.701. The molecule has 1 N–H and O–H groups in total. The summed E-state index contributed by atoms with van der Waals surface area (Å²) in [6.07, 6.45) is -0.877. The van der Waals surface area contributed by atoms with Crippen LogP contribution >= 0.6 is 13.5 Å². The van der Waals surface area contributed by atoms with E-state index in [-0.39, 0.29) is 19.1 Å². The van der Waals surface area contributed by atoms with E-state index >= 15 is 0 Å². The van der Waals surface area contributed by atoms with Crippen molar-refractivity contribution in [3.63, 3.8) is 0 Å². The molecule has 1 rings (SSSR count). The minimum atomic E-state index is -1.77. The Morgan fingerprint density at radius 2 is 1.91 bits per heavy atom. The summed E-state index contributed by atoms with van der Waals surface area (Å²) in [7, 11) is 0. The Labute approximate surface area is 135 Å². The summed E-state index contributed by atoms with van der Waals surface area (Å²) in [5, 5.41) is 2.29. The van der Waals surface area contributed by atoms with Crippen LogP contribution in [-0.2, 0) is 15.1 Å². The summed E-state index contributed by atoms with van der Waals surface area (Å²) in [6, 6.07) is 5.41. The molecule has 1 atom stereocenters. The van der Waals surface area contributed by atoms with Crippen molar-refractivity contribution in [1.82, 2.24) is 5.32 Å². The number of nitrogens with one attached hydrogen (secondary N) is 1. The first kappa shape index (κ1) is 20.4. The number of carbonyl (C=O) groups is 2. The van der Waals surface area contributed by atoms with E-state index in [9.17, 15) is 18.4 Å². The van der Waals surface area contributed by atoms with Crippen LogP contribution in [0.25, 0.3) is 0 Å². The van der Waals surface area contributed by atoms with E-state index < -0.39 is 36.1 Å². The first-order chi connectivity index (χ1) is 9.74. The molecule has 0 aliphatic carbocycles. The molecule has 1 amide bonds. The highest BCUT2D eigenvalue weighted by Crippen LogP contribution is 2.28. The zero-order valence-corrected chi connectivity index (χ0v) is 13.8. The fourth-order valence-corrected chi connectivity index (χ4v) is 1.88. The number of alkyl halides is 1. The van der Waals surface area contributed by atoms with Gasteiger partial charge in [0.05, 0.1) is 0 Å². The average Bonchev–Trinajstić information content (AvgIpc) is 2.36. The Morgan fingerprint density at radius 1 is 1.32 bits per heavy atom. The smallest absolute Gasteiger partial charge is 0.408 e. The van der Waals surface area contributed by atoms with Gasteiger partial charge in [-0.25, -0.2) is 13.6 Å². The molecule has 0 saturated heterocycles. The Morgan fingerprint density at radius 3 is 2.36 bits per heavy atom. The third-order valence-corrected chi connectivity index (χ3v) is 2.79. The number of alkyl carbamates (subject to hydrolysis) is 1. The van der Waals surface area contributed by atoms with Gasteiger partial charge in [-0.15, -0.1) is 0 Å². The average molecular weight is 333 g/mol.